The first-order valence-corrected chi connectivity index (χ1v) is 9.61. The molecule has 3 rings (SSSR count). The molecule has 1 aromatic carbocycles. The molecule has 166 valence electrons. The van der Waals surface area contributed by atoms with Gasteiger partial charge in [-0.1, -0.05) is 23.7 Å². The van der Waals surface area contributed by atoms with Gasteiger partial charge in [-0.3, -0.25) is 4.90 Å². The number of aliphatic hydroxyl groups excluding tert-OH is 1. The molecule has 7 nitrogen and oxygen atoms in total. The summed E-state index contributed by atoms with van der Waals surface area (Å²) in [5.41, 5.74) is 2.08. The van der Waals surface area contributed by atoms with Gasteiger partial charge in [-0.15, -0.1) is 0 Å². The van der Waals surface area contributed by atoms with E-state index in [1.807, 2.05) is 41.3 Å². The Balaban J connectivity index is 0.000000396. The van der Waals surface area contributed by atoms with Crippen molar-refractivity contribution in [2.75, 3.05) is 33.3 Å². The van der Waals surface area contributed by atoms with Crippen molar-refractivity contribution in [1.29, 1.82) is 0 Å². The van der Waals surface area contributed by atoms with Crippen molar-refractivity contribution in [1.82, 2.24) is 19.6 Å². The second-order valence-corrected chi connectivity index (χ2v) is 7.34. The average Bonchev–Trinajstić information content (AvgIpc) is 3.13. The van der Waals surface area contributed by atoms with Crippen molar-refractivity contribution in [3.63, 3.8) is 0 Å². The number of halogens is 4. The number of benzene rings is 1. The van der Waals surface area contributed by atoms with E-state index < -0.39 is 12.1 Å². The Morgan fingerprint density at radius 3 is 2.57 bits per heavy atom. The molecule has 2 N–H and O–H groups in total. The molecule has 2 aromatic rings. The van der Waals surface area contributed by atoms with E-state index in [9.17, 15) is 18.3 Å². The summed E-state index contributed by atoms with van der Waals surface area (Å²) >= 11 is 6.23. The number of carbonyl (C=O) groups is 1. The third kappa shape index (κ3) is 6.98. The highest BCUT2D eigenvalue weighted by Gasteiger charge is 2.38. The number of carboxylic acid groups (broad SMARTS) is 1. The van der Waals surface area contributed by atoms with E-state index in [4.69, 9.17) is 21.5 Å². The van der Waals surface area contributed by atoms with Crippen LogP contribution in [0.2, 0.25) is 5.02 Å². The fourth-order valence-corrected chi connectivity index (χ4v) is 3.31. The molecule has 1 saturated heterocycles. The van der Waals surface area contributed by atoms with Crippen LogP contribution >= 0.6 is 11.6 Å². The molecule has 1 fully saturated rings. The van der Waals surface area contributed by atoms with Gasteiger partial charge in [0.2, 0.25) is 0 Å². The summed E-state index contributed by atoms with van der Waals surface area (Å²) in [6, 6.07) is 8.14. The highest BCUT2D eigenvalue weighted by molar-refractivity contribution is 6.32. The van der Waals surface area contributed by atoms with E-state index in [1.165, 1.54) is 5.56 Å². The van der Waals surface area contributed by atoms with E-state index in [-0.39, 0.29) is 6.61 Å². The topological polar surface area (TPSA) is 81.8 Å². The minimum Gasteiger partial charge on any atom is -0.475 e. The Bertz CT molecular complexity index is 831. The summed E-state index contributed by atoms with van der Waals surface area (Å²) in [6.45, 7) is 4.17. The Hall–Kier alpha value is -2.14. The third-order valence-electron chi connectivity index (χ3n) is 4.71. The molecule has 1 unspecified atom stereocenters. The van der Waals surface area contributed by atoms with E-state index in [1.54, 1.807) is 0 Å². The summed E-state index contributed by atoms with van der Waals surface area (Å²) in [7, 11) is 2.13. The van der Waals surface area contributed by atoms with Gasteiger partial charge < -0.3 is 15.1 Å². The van der Waals surface area contributed by atoms with Crippen LogP contribution in [0.4, 0.5) is 13.2 Å². The number of aromatic nitrogens is 2. The van der Waals surface area contributed by atoms with Crippen LogP contribution in [0, 0.1) is 0 Å². The molecule has 2 heterocycles. The zero-order chi connectivity index (χ0) is 22.3. The molecular weight excluding hydrogens is 425 g/mol. The normalized spacial score (nSPS) is 18.0. The second-order valence-electron chi connectivity index (χ2n) is 6.93. The predicted octanol–water partition coefficient (Wildman–Crippen LogP) is 2.66. The largest absolute Gasteiger partial charge is 0.490 e. The lowest BCUT2D eigenvalue weighted by atomic mass is 10.1. The number of aliphatic carboxylic acids is 1. The van der Waals surface area contributed by atoms with Gasteiger partial charge in [0, 0.05) is 50.6 Å². The fourth-order valence-electron chi connectivity index (χ4n) is 3.08. The van der Waals surface area contributed by atoms with Gasteiger partial charge in [0.05, 0.1) is 16.9 Å². The highest BCUT2D eigenvalue weighted by Crippen LogP contribution is 2.20. The van der Waals surface area contributed by atoms with Crippen molar-refractivity contribution < 1.29 is 28.2 Å². The molecule has 0 amide bonds. The van der Waals surface area contributed by atoms with Crippen LogP contribution in [-0.4, -0.2) is 81.3 Å². The number of hydrogen-bond donors (Lipinski definition) is 2. The lowest BCUT2D eigenvalue weighted by molar-refractivity contribution is -0.192. The number of nitrogens with zero attached hydrogens (tertiary/aromatic N) is 4. The molecule has 1 aromatic heterocycles. The summed E-state index contributed by atoms with van der Waals surface area (Å²) in [5, 5.41) is 21.5. The summed E-state index contributed by atoms with van der Waals surface area (Å²) < 4.78 is 33.6. The number of alkyl halides is 3. The van der Waals surface area contributed by atoms with Crippen molar-refractivity contribution in [3.05, 3.63) is 47.2 Å². The smallest absolute Gasteiger partial charge is 0.475 e. The first-order chi connectivity index (χ1) is 14.1. The molecule has 30 heavy (non-hydrogen) atoms. The zero-order valence-corrected chi connectivity index (χ0v) is 17.1. The number of piperazine rings is 1. The number of para-hydroxylation sites is 1. The van der Waals surface area contributed by atoms with Gasteiger partial charge >= 0.3 is 12.1 Å². The standard InChI is InChI=1S/C17H23ClN4O.C2HF3O2/c1-20-7-8-21(13-15(20)6-9-23)11-14-10-19-22(12-14)17-5-3-2-4-16(17)18;3-2(4,5)1(6)7/h2-5,10,12,15,23H,6-9,11,13H2,1H3;(H,6,7). The van der Waals surface area contributed by atoms with Crippen LogP contribution in [0.1, 0.15) is 12.0 Å². The second kappa shape index (κ2) is 10.8. The lowest BCUT2D eigenvalue weighted by Gasteiger charge is -2.39. The van der Waals surface area contributed by atoms with E-state index in [0.717, 1.165) is 38.3 Å². The van der Waals surface area contributed by atoms with Gasteiger partial charge in [0.25, 0.3) is 0 Å². The Kier molecular flexibility index (Phi) is 8.65. The molecule has 1 aliphatic rings. The maximum absolute atomic E-state index is 10.6. The Morgan fingerprint density at radius 1 is 1.30 bits per heavy atom. The first-order valence-electron chi connectivity index (χ1n) is 9.23. The summed E-state index contributed by atoms with van der Waals surface area (Å²) in [5.74, 6) is -2.76. The minimum absolute atomic E-state index is 0.243. The van der Waals surface area contributed by atoms with Gasteiger partial charge in [-0.05, 0) is 25.6 Å². The first kappa shape index (κ1) is 24.1. The Labute approximate surface area is 177 Å². The molecule has 0 saturated carbocycles. The SMILES string of the molecule is CN1CCN(Cc2cnn(-c3ccccc3Cl)c2)CC1CCO.O=C(O)C(F)(F)F. The number of hydrogen-bond acceptors (Lipinski definition) is 5. The highest BCUT2D eigenvalue weighted by atomic mass is 35.5. The van der Waals surface area contributed by atoms with Crippen LogP contribution in [-0.2, 0) is 11.3 Å². The van der Waals surface area contributed by atoms with Gasteiger partial charge in [0.1, 0.15) is 0 Å². The molecular formula is C19H24ClF3N4O3. The quantitative estimate of drug-likeness (QED) is 0.732. The molecule has 0 aliphatic carbocycles. The van der Waals surface area contributed by atoms with Crippen LogP contribution in [0.15, 0.2) is 36.7 Å². The number of aliphatic hydroxyl groups is 1. The van der Waals surface area contributed by atoms with Crippen LogP contribution in [0.5, 0.6) is 0 Å². The van der Waals surface area contributed by atoms with Gasteiger partial charge in [0.15, 0.2) is 0 Å². The molecule has 0 spiro atoms. The maximum Gasteiger partial charge on any atom is 0.490 e. The van der Waals surface area contributed by atoms with Gasteiger partial charge in [-0.25, -0.2) is 9.48 Å². The van der Waals surface area contributed by atoms with Crippen LogP contribution in [0.3, 0.4) is 0 Å². The molecule has 11 heteroatoms. The summed E-state index contributed by atoms with van der Waals surface area (Å²) in [6.07, 6.45) is -0.310. The maximum atomic E-state index is 10.6. The van der Waals surface area contributed by atoms with Crippen molar-refractivity contribution in [2.45, 2.75) is 25.2 Å². The predicted molar refractivity (Wildman–Crippen MR) is 106 cm³/mol. The summed E-state index contributed by atoms with van der Waals surface area (Å²) in [4.78, 5) is 13.7. The van der Waals surface area contributed by atoms with E-state index in [2.05, 4.69) is 21.9 Å². The Morgan fingerprint density at radius 2 is 1.97 bits per heavy atom. The van der Waals surface area contributed by atoms with E-state index >= 15 is 0 Å². The minimum atomic E-state index is -5.08. The van der Waals surface area contributed by atoms with E-state index in [0.29, 0.717) is 11.1 Å². The molecule has 0 bridgehead atoms. The van der Waals surface area contributed by atoms with Crippen molar-refractivity contribution >= 4 is 17.6 Å². The molecule has 0 radical (unpaired) electrons. The number of rotatable bonds is 5. The zero-order valence-electron chi connectivity index (χ0n) is 16.4. The van der Waals surface area contributed by atoms with Crippen LogP contribution in [0.25, 0.3) is 5.69 Å². The molecule has 1 atom stereocenters. The van der Waals surface area contributed by atoms with Gasteiger partial charge in [-0.2, -0.15) is 18.3 Å². The van der Waals surface area contributed by atoms with Crippen molar-refractivity contribution in [3.8, 4) is 5.69 Å². The third-order valence-corrected chi connectivity index (χ3v) is 5.03. The average molecular weight is 449 g/mol. The number of carboxylic acids is 1. The molecule has 1 aliphatic heterocycles. The fraction of sp³-hybridized carbons (Fsp3) is 0.474. The van der Waals surface area contributed by atoms with Crippen molar-refractivity contribution in [2.24, 2.45) is 0 Å². The lowest BCUT2D eigenvalue weighted by Crippen LogP contribution is -2.51. The van der Waals surface area contributed by atoms with Crippen LogP contribution < -0.4 is 0 Å². The number of likely N-dealkylation sites (N-methyl/N-ethyl adjacent to an activating group) is 1. The monoisotopic (exact) mass is 448 g/mol.